The number of urea groups is 1. The van der Waals surface area contributed by atoms with Crippen LogP contribution in [-0.4, -0.2) is 42.2 Å². The first-order valence-corrected chi connectivity index (χ1v) is 7.97. The summed E-state index contributed by atoms with van der Waals surface area (Å²) < 4.78 is 4.80. The smallest absolute Gasteiger partial charge is 0.315 e. The van der Waals surface area contributed by atoms with Crippen LogP contribution in [0.3, 0.4) is 0 Å². The minimum absolute atomic E-state index is 0.0171. The van der Waals surface area contributed by atoms with Gasteiger partial charge in [-0.3, -0.25) is 4.79 Å². The van der Waals surface area contributed by atoms with Gasteiger partial charge in [-0.25, -0.2) is 4.79 Å². The molecule has 2 N–H and O–H groups in total. The van der Waals surface area contributed by atoms with Crippen LogP contribution in [0.15, 0.2) is 0 Å². The van der Waals surface area contributed by atoms with Crippen LogP contribution >= 0.6 is 11.8 Å². The average molecular weight is 286 g/mol. The van der Waals surface area contributed by atoms with Crippen molar-refractivity contribution < 1.29 is 14.3 Å². The number of carbonyl (C=O) groups is 2. The topological polar surface area (TPSA) is 67.4 Å². The number of esters is 1. The number of carbonyl (C=O) groups excluding carboxylic acids is 2. The van der Waals surface area contributed by atoms with Crippen LogP contribution in [0, 0.1) is 5.92 Å². The Morgan fingerprint density at radius 1 is 1.53 bits per heavy atom. The van der Waals surface area contributed by atoms with Crippen molar-refractivity contribution in [3.63, 3.8) is 0 Å². The molecule has 0 radical (unpaired) electrons. The van der Waals surface area contributed by atoms with E-state index in [1.807, 2.05) is 18.7 Å². The number of fused-ring (bicyclic) bond motifs is 1. The van der Waals surface area contributed by atoms with Gasteiger partial charge in [0.2, 0.25) is 0 Å². The number of ether oxygens (including phenoxy) is 1. The Balaban J connectivity index is 1.74. The van der Waals surface area contributed by atoms with E-state index in [1.165, 1.54) is 7.11 Å². The summed E-state index contributed by atoms with van der Waals surface area (Å²) in [6.45, 7) is 2.02. The van der Waals surface area contributed by atoms with Gasteiger partial charge in [-0.15, -0.1) is 0 Å². The van der Waals surface area contributed by atoms with Gasteiger partial charge in [-0.2, -0.15) is 11.8 Å². The molecule has 2 saturated heterocycles. The van der Waals surface area contributed by atoms with E-state index in [0.29, 0.717) is 5.25 Å². The molecule has 5 nitrogen and oxygen atoms in total. The third-order valence-electron chi connectivity index (χ3n) is 4.01. The van der Waals surface area contributed by atoms with E-state index in [0.717, 1.165) is 31.4 Å². The van der Waals surface area contributed by atoms with Gasteiger partial charge < -0.3 is 15.4 Å². The number of methoxy groups -OCH3 is 1. The SMILES string of the molecule is CC[C@H](CCC[C@@H]1SC[C@@H]2NC(=O)N[C@@H]21)C(=O)OC. The molecule has 0 aromatic carbocycles. The van der Waals surface area contributed by atoms with Crippen molar-refractivity contribution >= 4 is 23.8 Å². The summed E-state index contributed by atoms with van der Waals surface area (Å²) in [6.07, 6.45) is 3.75. The van der Waals surface area contributed by atoms with Crippen molar-refractivity contribution in [1.82, 2.24) is 10.6 Å². The molecule has 108 valence electrons. The number of hydrogen-bond acceptors (Lipinski definition) is 4. The maximum atomic E-state index is 11.5. The highest BCUT2D eigenvalue weighted by Gasteiger charge is 2.42. The molecular formula is C13H22N2O3S. The first-order chi connectivity index (χ1) is 9.15. The van der Waals surface area contributed by atoms with E-state index in [9.17, 15) is 9.59 Å². The summed E-state index contributed by atoms with van der Waals surface area (Å²) >= 11 is 1.92. The number of amides is 2. The fraction of sp³-hybridized carbons (Fsp3) is 0.846. The zero-order valence-corrected chi connectivity index (χ0v) is 12.3. The summed E-state index contributed by atoms with van der Waals surface area (Å²) in [6, 6.07) is 0.502. The normalized spacial score (nSPS) is 30.4. The summed E-state index contributed by atoms with van der Waals surface area (Å²) in [5.41, 5.74) is 0. The molecule has 2 aliphatic rings. The van der Waals surface area contributed by atoms with Crippen molar-refractivity contribution in [2.45, 2.75) is 49.9 Å². The highest BCUT2D eigenvalue weighted by atomic mass is 32.2. The van der Waals surface area contributed by atoms with Crippen LogP contribution in [0.2, 0.25) is 0 Å². The third kappa shape index (κ3) is 3.35. The zero-order chi connectivity index (χ0) is 13.8. The molecule has 6 heteroatoms. The van der Waals surface area contributed by atoms with E-state index >= 15 is 0 Å². The Morgan fingerprint density at radius 2 is 2.32 bits per heavy atom. The van der Waals surface area contributed by atoms with E-state index in [2.05, 4.69) is 10.6 Å². The van der Waals surface area contributed by atoms with E-state index in [4.69, 9.17) is 4.74 Å². The second kappa shape index (κ2) is 6.50. The minimum atomic E-state index is -0.102. The Labute approximate surface area is 118 Å². The van der Waals surface area contributed by atoms with Crippen molar-refractivity contribution in [3.8, 4) is 0 Å². The predicted octanol–water partition coefficient (Wildman–Crippen LogP) is 1.52. The molecule has 2 rings (SSSR count). The first-order valence-electron chi connectivity index (χ1n) is 6.92. The molecule has 0 bridgehead atoms. The maximum Gasteiger partial charge on any atom is 0.315 e. The standard InChI is InChI=1S/C13H22N2O3S/c1-3-8(12(16)18-2)5-4-6-10-11-9(7-19-10)14-13(17)15-11/h8-11H,3-7H2,1-2H3,(H2,14,15,17)/t8-,9+,10+,11+/m1/s1. The van der Waals surface area contributed by atoms with Gasteiger partial charge in [-0.05, 0) is 19.3 Å². The van der Waals surface area contributed by atoms with Crippen LogP contribution in [0.5, 0.6) is 0 Å². The molecule has 0 aromatic heterocycles. The van der Waals surface area contributed by atoms with Gasteiger partial charge in [0, 0.05) is 11.0 Å². The number of hydrogen-bond donors (Lipinski definition) is 2. The summed E-state index contributed by atoms with van der Waals surface area (Å²) in [4.78, 5) is 22.8. The monoisotopic (exact) mass is 286 g/mol. The molecule has 4 atom stereocenters. The average Bonchev–Trinajstić information content (AvgIpc) is 2.94. The molecule has 0 aromatic rings. The third-order valence-corrected chi connectivity index (χ3v) is 5.52. The Kier molecular flexibility index (Phi) is 4.96. The van der Waals surface area contributed by atoms with E-state index < -0.39 is 0 Å². The molecule has 2 aliphatic heterocycles. The van der Waals surface area contributed by atoms with Gasteiger partial charge in [0.1, 0.15) is 0 Å². The van der Waals surface area contributed by atoms with Crippen molar-refractivity contribution in [3.05, 3.63) is 0 Å². The van der Waals surface area contributed by atoms with Crippen LogP contribution in [0.4, 0.5) is 4.79 Å². The first kappa shape index (κ1) is 14.5. The summed E-state index contributed by atoms with van der Waals surface area (Å²) in [5.74, 6) is 0.904. The maximum absolute atomic E-state index is 11.5. The van der Waals surface area contributed by atoms with Crippen LogP contribution in [0.25, 0.3) is 0 Å². The van der Waals surface area contributed by atoms with Crippen molar-refractivity contribution in [2.24, 2.45) is 5.92 Å². The fourth-order valence-electron chi connectivity index (χ4n) is 2.86. The second-order valence-corrected chi connectivity index (χ2v) is 6.45. The Morgan fingerprint density at radius 3 is 3.00 bits per heavy atom. The molecule has 0 aliphatic carbocycles. The number of rotatable bonds is 6. The minimum Gasteiger partial charge on any atom is -0.469 e. The van der Waals surface area contributed by atoms with Gasteiger partial charge in [0.25, 0.3) is 0 Å². The van der Waals surface area contributed by atoms with E-state index in [1.54, 1.807) is 0 Å². The zero-order valence-electron chi connectivity index (χ0n) is 11.5. The lowest BCUT2D eigenvalue weighted by atomic mass is 9.96. The highest BCUT2D eigenvalue weighted by Crippen LogP contribution is 2.33. The number of thioether (sulfide) groups is 1. The highest BCUT2D eigenvalue weighted by molar-refractivity contribution is 8.00. The molecule has 0 saturated carbocycles. The molecular weight excluding hydrogens is 264 g/mol. The lowest BCUT2D eigenvalue weighted by Crippen LogP contribution is -2.36. The van der Waals surface area contributed by atoms with Gasteiger partial charge >= 0.3 is 12.0 Å². The molecule has 2 heterocycles. The summed E-state index contributed by atoms with van der Waals surface area (Å²) in [5, 5.41) is 6.40. The van der Waals surface area contributed by atoms with Gasteiger partial charge in [0.05, 0.1) is 25.1 Å². The van der Waals surface area contributed by atoms with Crippen LogP contribution in [-0.2, 0) is 9.53 Å². The van der Waals surface area contributed by atoms with E-state index in [-0.39, 0.29) is 30.0 Å². The van der Waals surface area contributed by atoms with Gasteiger partial charge in [-0.1, -0.05) is 13.3 Å². The molecule has 0 spiro atoms. The molecule has 2 amide bonds. The number of nitrogens with one attached hydrogen (secondary N) is 2. The Hall–Kier alpha value is -0.910. The Bertz CT molecular complexity index is 351. The van der Waals surface area contributed by atoms with Crippen molar-refractivity contribution in [2.75, 3.05) is 12.9 Å². The van der Waals surface area contributed by atoms with Gasteiger partial charge in [0.15, 0.2) is 0 Å². The lowest BCUT2D eigenvalue weighted by Gasteiger charge is -2.18. The lowest BCUT2D eigenvalue weighted by molar-refractivity contribution is -0.145. The predicted molar refractivity (Wildman–Crippen MR) is 75.1 cm³/mol. The quantitative estimate of drug-likeness (QED) is 0.574. The molecule has 2 fully saturated rings. The largest absolute Gasteiger partial charge is 0.469 e. The van der Waals surface area contributed by atoms with Crippen molar-refractivity contribution in [1.29, 1.82) is 0 Å². The molecule has 0 unspecified atom stereocenters. The second-order valence-electron chi connectivity index (χ2n) is 5.18. The van der Waals surface area contributed by atoms with Crippen LogP contribution < -0.4 is 10.6 Å². The summed E-state index contributed by atoms with van der Waals surface area (Å²) in [7, 11) is 1.45. The molecule has 19 heavy (non-hydrogen) atoms. The van der Waals surface area contributed by atoms with Crippen LogP contribution in [0.1, 0.15) is 32.6 Å². The fourth-order valence-corrected chi connectivity index (χ4v) is 4.41.